The Morgan fingerprint density at radius 1 is 1.20 bits per heavy atom. The van der Waals surface area contributed by atoms with Gasteiger partial charge in [0.1, 0.15) is 40.7 Å². The lowest BCUT2D eigenvalue weighted by atomic mass is 9.83. The SMILES string of the molecule is COc1cc2cc(c1Cl)N(C)C(=O)C[C@H](OC(=O)[C@H](C)N(C)C(=O)CCC(C)(C)SSCCCC(=O)O)[C@]1(C)O[C@H]1[C@H](C)[C@@H]1C[C@@](O)(NC(=O)O1)[C@H](OC)/C=C/C=C(\C)C2. The highest BCUT2D eigenvalue weighted by atomic mass is 35.5. The predicted molar refractivity (Wildman–Crippen MR) is 231 cm³/mol. The molecule has 3 aliphatic heterocycles. The van der Waals surface area contributed by atoms with Gasteiger partial charge in [0.2, 0.25) is 11.8 Å². The molecule has 15 nitrogen and oxygen atoms in total. The molecule has 4 bridgehead atoms. The van der Waals surface area contributed by atoms with Crippen LogP contribution in [0, 0.1) is 5.92 Å². The van der Waals surface area contributed by atoms with Crippen molar-refractivity contribution in [2.75, 3.05) is 39.0 Å². The van der Waals surface area contributed by atoms with E-state index in [1.807, 2.05) is 26.8 Å². The van der Waals surface area contributed by atoms with Crippen molar-refractivity contribution in [3.05, 3.63) is 46.5 Å². The summed E-state index contributed by atoms with van der Waals surface area (Å²) in [6.07, 6.45) is 2.04. The number of carboxylic acids is 1. The number of anilines is 1. The average Bonchev–Trinajstić information content (AvgIpc) is 3.88. The minimum absolute atomic E-state index is 0.0691. The molecule has 334 valence electrons. The minimum Gasteiger partial charge on any atom is -0.495 e. The number of carboxylic acid groups (broad SMARTS) is 1. The van der Waals surface area contributed by atoms with Gasteiger partial charge >= 0.3 is 18.0 Å². The summed E-state index contributed by atoms with van der Waals surface area (Å²) in [5.41, 5.74) is -1.01. The molecule has 0 aliphatic carbocycles. The number of amides is 3. The van der Waals surface area contributed by atoms with Gasteiger partial charge in [-0.05, 0) is 71.6 Å². The molecule has 2 saturated heterocycles. The third-order valence-corrected chi connectivity index (χ3v) is 15.2. The van der Waals surface area contributed by atoms with Crippen LogP contribution >= 0.6 is 33.2 Å². The molecule has 3 amide bonds. The molecule has 3 aliphatic rings. The van der Waals surface area contributed by atoms with Gasteiger partial charge in [-0.1, -0.05) is 63.9 Å². The number of alkyl carbamates (subject to hydrolysis) is 1. The first kappa shape index (κ1) is 49.2. The summed E-state index contributed by atoms with van der Waals surface area (Å²) in [5, 5.41) is 23.4. The summed E-state index contributed by atoms with van der Waals surface area (Å²) in [7, 11) is 9.15. The van der Waals surface area contributed by atoms with E-state index < -0.39 is 71.6 Å². The summed E-state index contributed by atoms with van der Waals surface area (Å²) in [5.74, 6) is -1.85. The molecule has 60 heavy (non-hydrogen) atoms. The van der Waals surface area contributed by atoms with Gasteiger partial charge in [-0.25, -0.2) is 9.59 Å². The Hall–Kier alpha value is -3.48. The van der Waals surface area contributed by atoms with E-state index in [1.54, 1.807) is 73.7 Å². The van der Waals surface area contributed by atoms with Crippen molar-refractivity contribution in [3.8, 4) is 5.75 Å². The fraction of sp³-hybridized carbons (Fsp3) is 0.643. The van der Waals surface area contributed by atoms with E-state index in [0.717, 1.165) is 11.1 Å². The molecule has 0 unspecified atom stereocenters. The molecule has 3 N–H and O–H groups in total. The summed E-state index contributed by atoms with van der Waals surface area (Å²) in [6.45, 7) is 11.0. The third-order valence-electron chi connectivity index (χ3n) is 11.4. The van der Waals surface area contributed by atoms with Crippen LogP contribution in [0.15, 0.2) is 35.9 Å². The number of esters is 1. The van der Waals surface area contributed by atoms with E-state index in [0.29, 0.717) is 36.5 Å². The van der Waals surface area contributed by atoms with Crippen LogP contribution in [0.2, 0.25) is 5.02 Å². The summed E-state index contributed by atoms with van der Waals surface area (Å²) in [6, 6.07) is 2.54. The normalized spacial score (nSPS) is 29.2. The van der Waals surface area contributed by atoms with Crippen LogP contribution in [0.25, 0.3) is 0 Å². The number of carbonyl (C=O) groups excluding carboxylic acids is 4. The van der Waals surface area contributed by atoms with E-state index in [-0.39, 0.29) is 41.4 Å². The Labute approximate surface area is 365 Å². The van der Waals surface area contributed by atoms with Crippen molar-refractivity contribution in [2.45, 2.75) is 133 Å². The fourth-order valence-electron chi connectivity index (χ4n) is 7.33. The molecule has 0 spiro atoms. The van der Waals surface area contributed by atoms with E-state index in [1.165, 1.54) is 31.1 Å². The van der Waals surface area contributed by atoms with Gasteiger partial charge in [-0.2, -0.15) is 0 Å². The van der Waals surface area contributed by atoms with Crippen LogP contribution < -0.4 is 15.0 Å². The van der Waals surface area contributed by atoms with Crippen LogP contribution in [-0.2, 0) is 44.5 Å². The fourth-order valence-corrected chi connectivity index (χ4v) is 10.3. The lowest BCUT2D eigenvalue weighted by molar-refractivity contribution is -0.162. The predicted octanol–water partition coefficient (Wildman–Crippen LogP) is 6.32. The summed E-state index contributed by atoms with van der Waals surface area (Å²) < 4.78 is 29.1. The number of likely N-dealkylation sites (N-methyl/N-ethyl adjacent to an activating group) is 1. The number of allylic oxidation sites excluding steroid dienone is 3. The first-order valence-corrected chi connectivity index (χ1v) is 22.6. The topological polar surface area (TPSA) is 194 Å². The molecule has 4 rings (SSSR count). The molecule has 8 atom stereocenters. The smallest absolute Gasteiger partial charge is 0.409 e. The molecule has 2 fully saturated rings. The number of methoxy groups -OCH3 is 2. The molecular formula is C42H60ClN3O12S2. The largest absolute Gasteiger partial charge is 0.495 e. The van der Waals surface area contributed by atoms with Crippen molar-refractivity contribution in [1.29, 1.82) is 0 Å². The Morgan fingerprint density at radius 3 is 2.55 bits per heavy atom. The van der Waals surface area contributed by atoms with Gasteiger partial charge in [0.05, 0.1) is 25.3 Å². The van der Waals surface area contributed by atoms with E-state index in [2.05, 4.69) is 5.32 Å². The maximum Gasteiger partial charge on any atom is 0.409 e. The first-order chi connectivity index (χ1) is 28.0. The zero-order chi connectivity index (χ0) is 44.7. The highest BCUT2D eigenvalue weighted by Crippen LogP contribution is 2.49. The van der Waals surface area contributed by atoms with E-state index in [4.69, 9.17) is 40.4 Å². The van der Waals surface area contributed by atoms with Crippen LogP contribution in [0.4, 0.5) is 10.5 Å². The number of hydrogen-bond acceptors (Lipinski definition) is 13. The summed E-state index contributed by atoms with van der Waals surface area (Å²) in [4.78, 5) is 68.1. The second-order valence-electron chi connectivity index (χ2n) is 16.6. The molecule has 0 radical (unpaired) electrons. The van der Waals surface area contributed by atoms with Crippen molar-refractivity contribution in [3.63, 3.8) is 0 Å². The highest BCUT2D eigenvalue weighted by molar-refractivity contribution is 8.77. The second kappa shape index (κ2) is 20.6. The zero-order valence-corrected chi connectivity index (χ0v) is 38.5. The lowest BCUT2D eigenvalue weighted by Crippen LogP contribution is -2.63. The molecule has 18 heteroatoms. The van der Waals surface area contributed by atoms with Crippen molar-refractivity contribution >= 4 is 68.7 Å². The quantitative estimate of drug-likeness (QED) is 0.0813. The standard InChI is InChI=1S/C42H60ClN3O12S2/c1-24-13-11-14-31(55-10)42(53)23-30(56-39(52)44-42)25(2)37-41(6,58-37)32(22-34(48)46(8)28-20-27(19-24)21-29(54-9)36(28)43)57-38(51)26(3)45(7)33(47)16-17-40(4,5)60-59-18-12-15-35(49)50/h11,13-14,20-21,25-26,30-32,37,53H,12,15-19,22-23H2,1-10H3,(H,44,52)(H,49,50)/b14-11+,24-13+/t25-,26+,30+,31-,32+,37+,41+,42+/m1/s1. The third kappa shape index (κ3) is 12.3. The van der Waals surface area contributed by atoms with Crippen molar-refractivity contribution < 1.29 is 57.9 Å². The molecule has 1 aromatic rings. The number of fused-ring (bicyclic) bond motifs is 5. The number of halogens is 1. The van der Waals surface area contributed by atoms with Crippen LogP contribution in [0.1, 0.15) is 85.6 Å². The second-order valence-corrected chi connectivity index (χ2v) is 20.1. The Bertz CT molecular complexity index is 1830. The number of aliphatic carboxylic acids is 1. The van der Waals surface area contributed by atoms with Gasteiger partial charge in [-0.15, -0.1) is 0 Å². The van der Waals surface area contributed by atoms with Gasteiger partial charge in [-0.3, -0.25) is 19.7 Å². The van der Waals surface area contributed by atoms with Crippen LogP contribution in [0.3, 0.4) is 0 Å². The average molecular weight is 899 g/mol. The van der Waals surface area contributed by atoms with Crippen LogP contribution in [-0.4, -0.2) is 126 Å². The number of aliphatic hydroxyl groups is 1. The highest BCUT2D eigenvalue weighted by Gasteiger charge is 2.64. The van der Waals surface area contributed by atoms with Gasteiger partial charge in [0.25, 0.3) is 0 Å². The number of carbonyl (C=O) groups is 5. The van der Waals surface area contributed by atoms with Crippen LogP contribution in [0.5, 0.6) is 5.75 Å². The molecule has 1 aromatic carbocycles. The monoisotopic (exact) mass is 897 g/mol. The molecule has 3 heterocycles. The minimum atomic E-state index is -1.85. The van der Waals surface area contributed by atoms with Crippen molar-refractivity contribution in [1.82, 2.24) is 10.2 Å². The Morgan fingerprint density at radius 2 is 1.90 bits per heavy atom. The van der Waals surface area contributed by atoms with Gasteiger partial charge in [0.15, 0.2) is 5.72 Å². The number of benzene rings is 1. The summed E-state index contributed by atoms with van der Waals surface area (Å²) >= 11 is 6.79. The number of ether oxygens (including phenoxy) is 5. The van der Waals surface area contributed by atoms with Crippen molar-refractivity contribution in [2.24, 2.45) is 5.92 Å². The Balaban J connectivity index is 1.62. The molecule has 0 saturated carbocycles. The first-order valence-electron chi connectivity index (χ1n) is 19.9. The lowest BCUT2D eigenvalue weighted by Gasteiger charge is -2.42. The number of hydrogen-bond donors (Lipinski definition) is 3. The maximum atomic E-state index is 14.3. The molecule has 0 aromatic heterocycles. The number of rotatable bonds is 14. The number of epoxide rings is 1. The van der Waals surface area contributed by atoms with Gasteiger partial charge < -0.3 is 43.7 Å². The number of nitrogens with one attached hydrogen (secondary N) is 1. The Kier molecular flexibility index (Phi) is 16.9. The molecular weight excluding hydrogens is 838 g/mol. The van der Waals surface area contributed by atoms with Gasteiger partial charge in [0, 0.05) is 56.9 Å². The zero-order valence-electron chi connectivity index (χ0n) is 36.1. The number of nitrogens with zero attached hydrogens (tertiary/aromatic N) is 2. The van der Waals surface area contributed by atoms with E-state index >= 15 is 0 Å². The van der Waals surface area contributed by atoms with E-state index in [9.17, 15) is 29.1 Å². The maximum absolute atomic E-state index is 14.3.